The molecule has 0 fully saturated rings. The first kappa shape index (κ1) is 19.0. The third-order valence-corrected chi connectivity index (χ3v) is 5.35. The number of rotatable bonds is 4. The number of amides is 1. The van der Waals surface area contributed by atoms with Gasteiger partial charge in [-0.15, -0.1) is 0 Å². The number of carbonyl (C=O) groups excluding carboxylic acids is 1. The molecule has 0 saturated carbocycles. The smallest absolute Gasteiger partial charge is 0.323 e. The van der Waals surface area contributed by atoms with Crippen LogP contribution in [-0.2, 0) is 24.3 Å². The number of anilines is 1. The minimum Gasteiger partial charge on any atom is -0.323 e. The van der Waals surface area contributed by atoms with Gasteiger partial charge in [-0.05, 0) is 25.0 Å². The van der Waals surface area contributed by atoms with Crippen molar-refractivity contribution in [1.29, 1.82) is 0 Å². The number of aromatic nitrogens is 7. The Morgan fingerprint density at radius 3 is 2.94 bits per heavy atom. The van der Waals surface area contributed by atoms with Gasteiger partial charge in [-0.1, -0.05) is 18.6 Å². The largest absolute Gasteiger partial charge is 0.346 e. The number of H-pyrrole nitrogens is 1. The van der Waals surface area contributed by atoms with E-state index in [0.717, 1.165) is 31.5 Å². The molecular weight excluding hydrogens is 400 g/mol. The molecule has 2 N–H and O–H groups in total. The van der Waals surface area contributed by atoms with Crippen LogP contribution in [0, 0.1) is 0 Å². The van der Waals surface area contributed by atoms with Gasteiger partial charge < -0.3 is 10.3 Å². The monoisotopic (exact) mass is 420 g/mol. The van der Waals surface area contributed by atoms with Crippen molar-refractivity contribution >= 4 is 22.6 Å². The van der Waals surface area contributed by atoms with E-state index < -0.39 is 0 Å². The van der Waals surface area contributed by atoms with Crippen LogP contribution in [0.25, 0.3) is 16.7 Å². The normalized spacial score (nSPS) is 13.7. The van der Waals surface area contributed by atoms with E-state index in [1.165, 1.54) is 21.9 Å². The van der Waals surface area contributed by atoms with Crippen LogP contribution in [0.5, 0.6) is 0 Å². The summed E-state index contributed by atoms with van der Waals surface area (Å²) in [6.07, 6.45) is 6.47. The summed E-state index contributed by atoms with van der Waals surface area (Å²) in [6, 6.07) is 7.05. The van der Waals surface area contributed by atoms with Crippen LogP contribution in [0.1, 0.15) is 25.1 Å². The lowest BCUT2D eigenvalue weighted by atomic mass is 10.2. The molecule has 1 aliphatic heterocycles. The number of para-hydroxylation sites is 2. The van der Waals surface area contributed by atoms with E-state index in [-0.39, 0.29) is 23.7 Å². The molecule has 4 aromatic rings. The highest BCUT2D eigenvalue weighted by atomic mass is 16.2. The van der Waals surface area contributed by atoms with Gasteiger partial charge in [-0.25, -0.2) is 19.1 Å². The van der Waals surface area contributed by atoms with Crippen molar-refractivity contribution in [2.75, 3.05) is 5.32 Å². The predicted octanol–water partition coefficient (Wildman–Crippen LogP) is 0.832. The minimum absolute atomic E-state index is 0.190. The van der Waals surface area contributed by atoms with E-state index in [0.29, 0.717) is 29.0 Å². The number of nitrogens with zero attached hydrogens (tertiary/aromatic N) is 6. The molecule has 31 heavy (non-hydrogen) atoms. The Hall–Kier alpha value is -4.02. The third kappa shape index (κ3) is 3.43. The standard InChI is InChI=1S/C20H20N8O3/c29-17(11-27-20(31)26-9-5-1-2-8-16(26)25-27)24-14-6-3-4-7-15(14)28-18-13(10-23-28)19(30)22-12-21-18/h3-4,6-7,10,12H,1-2,5,8-9,11H2,(H,24,29)(H,21,22,30). The van der Waals surface area contributed by atoms with Gasteiger partial charge in [0.05, 0.1) is 23.9 Å². The van der Waals surface area contributed by atoms with Crippen molar-refractivity contribution < 1.29 is 4.79 Å². The molecule has 1 amide bonds. The SMILES string of the molecule is O=C(Cn1nc2n(c1=O)CCCCC2)Nc1ccccc1-n1ncc2c(=O)[nH]cnc21. The molecule has 0 radical (unpaired) electrons. The molecule has 0 spiro atoms. The van der Waals surface area contributed by atoms with Crippen LogP contribution in [0.15, 0.2) is 46.4 Å². The molecular formula is C20H20N8O3. The minimum atomic E-state index is -0.384. The number of hydrogen-bond donors (Lipinski definition) is 2. The average Bonchev–Trinajstić information content (AvgIpc) is 3.22. The van der Waals surface area contributed by atoms with Crippen molar-refractivity contribution in [2.45, 2.75) is 38.8 Å². The third-order valence-electron chi connectivity index (χ3n) is 5.35. The Kier molecular flexibility index (Phi) is 4.69. The summed E-state index contributed by atoms with van der Waals surface area (Å²) in [5.74, 6) is 0.347. The number of benzene rings is 1. The lowest BCUT2D eigenvalue weighted by Crippen LogP contribution is -2.30. The Morgan fingerprint density at radius 1 is 1.16 bits per heavy atom. The molecule has 4 heterocycles. The highest BCUT2D eigenvalue weighted by Gasteiger charge is 2.18. The molecule has 1 aliphatic rings. The zero-order chi connectivity index (χ0) is 21.4. The lowest BCUT2D eigenvalue weighted by Gasteiger charge is -2.11. The molecule has 158 valence electrons. The van der Waals surface area contributed by atoms with E-state index in [2.05, 4.69) is 25.5 Å². The number of aromatic amines is 1. The summed E-state index contributed by atoms with van der Waals surface area (Å²) >= 11 is 0. The summed E-state index contributed by atoms with van der Waals surface area (Å²) in [6.45, 7) is 0.446. The van der Waals surface area contributed by atoms with E-state index in [9.17, 15) is 14.4 Å². The van der Waals surface area contributed by atoms with Crippen LogP contribution in [0.4, 0.5) is 5.69 Å². The summed E-state index contributed by atoms with van der Waals surface area (Å²) in [7, 11) is 0. The van der Waals surface area contributed by atoms with Crippen molar-refractivity contribution in [3.8, 4) is 5.69 Å². The van der Waals surface area contributed by atoms with E-state index in [1.807, 2.05) is 0 Å². The van der Waals surface area contributed by atoms with Gasteiger partial charge in [-0.3, -0.25) is 14.2 Å². The summed E-state index contributed by atoms with van der Waals surface area (Å²) in [5, 5.41) is 11.8. The van der Waals surface area contributed by atoms with Gasteiger partial charge in [0.2, 0.25) is 5.91 Å². The highest BCUT2D eigenvalue weighted by Crippen LogP contribution is 2.22. The number of hydrogen-bond acceptors (Lipinski definition) is 6. The molecule has 0 bridgehead atoms. The van der Waals surface area contributed by atoms with Gasteiger partial charge >= 0.3 is 5.69 Å². The van der Waals surface area contributed by atoms with Crippen molar-refractivity contribution in [1.82, 2.24) is 34.1 Å². The lowest BCUT2D eigenvalue weighted by molar-refractivity contribution is -0.117. The Bertz CT molecular complexity index is 1390. The summed E-state index contributed by atoms with van der Waals surface area (Å²) < 4.78 is 4.36. The Morgan fingerprint density at radius 2 is 2.03 bits per heavy atom. The first-order valence-corrected chi connectivity index (χ1v) is 10.1. The number of nitrogens with one attached hydrogen (secondary N) is 2. The fraction of sp³-hybridized carbons (Fsp3) is 0.300. The average molecular weight is 420 g/mol. The van der Waals surface area contributed by atoms with Crippen LogP contribution in [0.3, 0.4) is 0 Å². The number of aryl methyl sites for hydroxylation is 1. The quantitative estimate of drug-likeness (QED) is 0.503. The molecule has 0 aliphatic carbocycles. The zero-order valence-electron chi connectivity index (χ0n) is 16.6. The van der Waals surface area contributed by atoms with Crippen LogP contribution >= 0.6 is 0 Å². The van der Waals surface area contributed by atoms with Gasteiger partial charge in [0.1, 0.15) is 17.8 Å². The van der Waals surface area contributed by atoms with E-state index in [1.54, 1.807) is 28.8 Å². The van der Waals surface area contributed by atoms with Crippen molar-refractivity contribution in [3.05, 3.63) is 63.5 Å². The first-order chi connectivity index (χ1) is 15.1. The first-order valence-electron chi connectivity index (χ1n) is 10.1. The fourth-order valence-electron chi connectivity index (χ4n) is 3.85. The highest BCUT2D eigenvalue weighted by molar-refractivity contribution is 5.93. The second-order valence-corrected chi connectivity index (χ2v) is 7.41. The molecule has 11 nitrogen and oxygen atoms in total. The topological polar surface area (TPSA) is 132 Å². The van der Waals surface area contributed by atoms with Gasteiger partial charge in [-0.2, -0.15) is 10.2 Å². The van der Waals surface area contributed by atoms with Crippen LogP contribution in [0.2, 0.25) is 0 Å². The Labute approximate surface area is 175 Å². The maximum absolute atomic E-state index is 12.7. The maximum Gasteiger partial charge on any atom is 0.346 e. The van der Waals surface area contributed by atoms with E-state index in [4.69, 9.17) is 0 Å². The molecule has 5 rings (SSSR count). The fourth-order valence-corrected chi connectivity index (χ4v) is 3.85. The van der Waals surface area contributed by atoms with Crippen LogP contribution in [-0.4, -0.2) is 40.0 Å². The van der Waals surface area contributed by atoms with Crippen molar-refractivity contribution in [2.24, 2.45) is 0 Å². The van der Waals surface area contributed by atoms with Gasteiger partial charge in [0.25, 0.3) is 5.56 Å². The zero-order valence-corrected chi connectivity index (χ0v) is 16.6. The maximum atomic E-state index is 12.7. The van der Waals surface area contributed by atoms with Crippen LogP contribution < -0.4 is 16.6 Å². The molecule has 0 atom stereocenters. The summed E-state index contributed by atoms with van der Waals surface area (Å²) in [5.41, 5.74) is 0.850. The van der Waals surface area contributed by atoms with Crippen molar-refractivity contribution in [3.63, 3.8) is 0 Å². The number of carbonyl (C=O) groups is 1. The molecule has 1 aromatic carbocycles. The molecule has 0 saturated heterocycles. The van der Waals surface area contributed by atoms with E-state index >= 15 is 0 Å². The van der Waals surface area contributed by atoms with Gasteiger partial charge in [0.15, 0.2) is 5.65 Å². The predicted molar refractivity (Wildman–Crippen MR) is 112 cm³/mol. The Balaban J connectivity index is 1.43. The van der Waals surface area contributed by atoms with Gasteiger partial charge in [0, 0.05) is 13.0 Å². The summed E-state index contributed by atoms with van der Waals surface area (Å²) in [4.78, 5) is 44.0. The molecule has 11 heteroatoms. The molecule has 0 unspecified atom stereocenters. The number of fused-ring (bicyclic) bond motifs is 2. The second kappa shape index (κ2) is 7.67. The molecule has 3 aromatic heterocycles. The second-order valence-electron chi connectivity index (χ2n) is 7.41.